The van der Waals surface area contributed by atoms with Gasteiger partial charge < -0.3 is 18.9 Å². The van der Waals surface area contributed by atoms with Gasteiger partial charge in [0.1, 0.15) is 37.4 Å². The highest BCUT2D eigenvalue weighted by Crippen LogP contribution is 2.18. The van der Waals surface area contributed by atoms with Crippen LogP contribution in [0, 0.1) is 11.8 Å². The van der Waals surface area contributed by atoms with Crippen LogP contribution in [0.3, 0.4) is 0 Å². The Bertz CT molecular complexity index is 857. The molecule has 0 aliphatic rings. The zero-order chi connectivity index (χ0) is 23.5. The van der Waals surface area contributed by atoms with Gasteiger partial charge in [0.15, 0.2) is 0 Å². The molecule has 174 valence electrons. The lowest BCUT2D eigenvalue weighted by Gasteiger charge is -2.20. The predicted octanol–water partition coefficient (Wildman–Crippen LogP) is 5.42. The van der Waals surface area contributed by atoms with Crippen LogP contribution < -0.4 is 9.47 Å². The zero-order valence-electron chi connectivity index (χ0n) is 17.8. The molecule has 2 aromatic rings. The van der Waals surface area contributed by atoms with Gasteiger partial charge in [0.2, 0.25) is 0 Å². The third-order valence-corrected chi connectivity index (χ3v) is 5.15. The van der Waals surface area contributed by atoms with Crippen LogP contribution in [-0.2, 0) is 19.1 Å². The summed E-state index contributed by atoms with van der Waals surface area (Å²) in [6, 6.07) is 13.6. The fourth-order valence-electron chi connectivity index (χ4n) is 2.35. The Morgan fingerprint density at radius 1 is 0.750 bits per heavy atom. The van der Waals surface area contributed by atoms with Crippen molar-refractivity contribution in [3.63, 3.8) is 0 Å². The molecule has 0 N–H and O–H groups in total. The molecule has 0 aromatic heterocycles. The highest BCUT2D eigenvalue weighted by atomic mass is 35.5. The van der Waals surface area contributed by atoms with Crippen LogP contribution in [0.5, 0.6) is 11.5 Å². The van der Waals surface area contributed by atoms with Gasteiger partial charge in [0.25, 0.3) is 0 Å². The summed E-state index contributed by atoms with van der Waals surface area (Å²) in [4.78, 5) is 24.5. The third kappa shape index (κ3) is 9.15. The minimum Gasteiger partial charge on any atom is -0.493 e. The van der Waals surface area contributed by atoms with E-state index in [-0.39, 0.29) is 25.7 Å². The molecule has 6 nitrogen and oxygen atoms in total. The van der Waals surface area contributed by atoms with Crippen molar-refractivity contribution in [1.29, 1.82) is 0 Å². The molecule has 3 atom stereocenters. The number of alkyl halides is 1. The Labute approximate surface area is 202 Å². The van der Waals surface area contributed by atoms with Crippen molar-refractivity contribution in [2.24, 2.45) is 11.8 Å². The highest BCUT2D eigenvalue weighted by Gasteiger charge is 2.23. The van der Waals surface area contributed by atoms with Gasteiger partial charge >= 0.3 is 11.9 Å². The van der Waals surface area contributed by atoms with E-state index in [2.05, 4.69) is 0 Å². The number of ether oxygens (including phenoxy) is 4. The van der Waals surface area contributed by atoms with Crippen molar-refractivity contribution in [1.82, 2.24) is 0 Å². The van der Waals surface area contributed by atoms with Gasteiger partial charge in [-0.25, -0.2) is 0 Å². The van der Waals surface area contributed by atoms with Gasteiger partial charge in [-0.05, 0) is 62.4 Å². The van der Waals surface area contributed by atoms with Gasteiger partial charge in [-0.1, -0.05) is 23.2 Å². The molecule has 0 bridgehead atoms. The maximum Gasteiger partial charge on any atom is 0.312 e. The molecule has 2 rings (SSSR count). The van der Waals surface area contributed by atoms with Crippen LogP contribution in [0.2, 0.25) is 10.0 Å². The maximum absolute atomic E-state index is 12.3. The van der Waals surface area contributed by atoms with Crippen molar-refractivity contribution in [3.05, 3.63) is 58.6 Å². The van der Waals surface area contributed by atoms with Crippen molar-refractivity contribution in [2.75, 3.05) is 25.7 Å². The minimum absolute atomic E-state index is 0.0144. The SMILES string of the molecule is CC(COc1ccc(Cl)cc1)C(=O)OCC(CCl)OC(=O)C(C)COc1ccc(Cl)cc1. The molecule has 32 heavy (non-hydrogen) atoms. The predicted molar refractivity (Wildman–Crippen MR) is 124 cm³/mol. The number of carbonyl (C=O) groups is 2. The first-order valence-corrected chi connectivity index (χ1v) is 11.3. The molecule has 0 aliphatic carbocycles. The molecular formula is C23H25Cl3O6. The summed E-state index contributed by atoms with van der Waals surface area (Å²) in [5, 5.41) is 1.19. The quantitative estimate of drug-likeness (QED) is 0.285. The Hall–Kier alpha value is -2.15. The van der Waals surface area contributed by atoms with Crippen LogP contribution in [0.25, 0.3) is 0 Å². The average molecular weight is 504 g/mol. The first-order valence-electron chi connectivity index (χ1n) is 9.98. The van der Waals surface area contributed by atoms with Crippen LogP contribution in [0.1, 0.15) is 13.8 Å². The lowest BCUT2D eigenvalue weighted by atomic mass is 10.2. The second-order valence-electron chi connectivity index (χ2n) is 7.18. The number of halogens is 3. The molecule has 9 heteroatoms. The summed E-state index contributed by atoms with van der Waals surface area (Å²) in [5.74, 6) is -0.880. The molecule has 0 heterocycles. The molecule has 2 aromatic carbocycles. The molecule has 0 fully saturated rings. The topological polar surface area (TPSA) is 71.1 Å². The molecule has 0 spiro atoms. The van der Waals surface area contributed by atoms with E-state index in [1.807, 2.05) is 0 Å². The number of benzene rings is 2. The fourth-order valence-corrected chi connectivity index (χ4v) is 2.75. The molecule has 0 aliphatic heterocycles. The standard InChI is InChI=1S/C23H25Cl3O6/c1-15(12-29-19-7-3-17(25)4-8-19)22(27)31-14-21(11-24)32-23(28)16(2)13-30-20-9-5-18(26)6-10-20/h3-10,15-16,21H,11-14H2,1-2H3. The van der Waals surface area contributed by atoms with Crippen LogP contribution in [0.15, 0.2) is 48.5 Å². The summed E-state index contributed by atoms with van der Waals surface area (Å²) in [7, 11) is 0. The minimum atomic E-state index is -0.768. The Balaban J connectivity index is 1.71. The van der Waals surface area contributed by atoms with Crippen LogP contribution in [-0.4, -0.2) is 43.7 Å². The summed E-state index contributed by atoms with van der Waals surface area (Å²) in [6.07, 6.45) is -0.768. The van der Waals surface area contributed by atoms with E-state index in [0.717, 1.165) is 0 Å². The fraction of sp³-hybridized carbons (Fsp3) is 0.391. The van der Waals surface area contributed by atoms with Crippen LogP contribution in [0.4, 0.5) is 0 Å². The second kappa shape index (κ2) is 13.4. The summed E-state index contributed by atoms with van der Waals surface area (Å²) in [6.45, 7) is 3.45. The van der Waals surface area contributed by atoms with Gasteiger partial charge in [-0.2, -0.15) is 0 Å². The summed E-state index contributed by atoms with van der Waals surface area (Å²) < 4.78 is 21.7. The van der Waals surface area contributed by atoms with E-state index in [1.165, 1.54) is 0 Å². The molecular weight excluding hydrogens is 479 g/mol. The summed E-state index contributed by atoms with van der Waals surface area (Å²) in [5.41, 5.74) is 0. The van der Waals surface area contributed by atoms with Crippen molar-refractivity contribution >= 4 is 46.7 Å². The Morgan fingerprint density at radius 3 is 1.62 bits per heavy atom. The number of hydrogen-bond donors (Lipinski definition) is 0. The smallest absolute Gasteiger partial charge is 0.312 e. The van der Waals surface area contributed by atoms with E-state index in [9.17, 15) is 9.59 Å². The maximum atomic E-state index is 12.3. The van der Waals surface area contributed by atoms with Crippen molar-refractivity contribution < 1.29 is 28.5 Å². The molecule has 3 unspecified atom stereocenters. The lowest BCUT2D eigenvalue weighted by Crippen LogP contribution is -2.32. The normalized spacial score (nSPS) is 13.5. The van der Waals surface area contributed by atoms with E-state index < -0.39 is 29.9 Å². The van der Waals surface area contributed by atoms with Gasteiger partial charge in [-0.15, -0.1) is 11.6 Å². The number of rotatable bonds is 12. The molecule has 0 saturated carbocycles. The Morgan fingerprint density at radius 2 is 1.19 bits per heavy atom. The van der Waals surface area contributed by atoms with Gasteiger partial charge in [0.05, 0.1) is 17.7 Å². The van der Waals surface area contributed by atoms with Crippen molar-refractivity contribution in [2.45, 2.75) is 20.0 Å². The molecule has 0 radical (unpaired) electrons. The Kier molecular flexibility index (Phi) is 10.9. The highest BCUT2D eigenvalue weighted by molar-refractivity contribution is 6.30. The monoisotopic (exact) mass is 502 g/mol. The first kappa shape index (κ1) is 26.1. The summed E-state index contributed by atoms with van der Waals surface area (Å²) >= 11 is 17.5. The average Bonchev–Trinajstić information content (AvgIpc) is 2.80. The van der Waals surface area contributed by atoms with Crippen LogP contribution >= 0.6 is 34.8 Å². The largest absolute Gasteiger partial charge is 0.493 e. The molecule has 0 saturated heterocycles. The van der Waals surface area contributed by atoms with E-state index in [4.69, 9.17) is 53.8 Å². The van der Waals surface area contributed by atoms with E-state index in [1.54, 1.807) is 62.4 Å². The zero-order valence-corrected chi connectivity index (χ0v) is 20.0. The third-order valence-electron chi connectivity index (χ3n) is 4.30. The lowest BCUT2D eigenvalue weighted by molar-refractivity contribution is -0.163. The first-order chi connectivity index (χ1) is 15.3. The van der Waals surface area contributed by atoms with Crippen molar-refractivity contribution in [3.8, 4) is 11.5 Å². The van der Waals surface area contributed by atoms with Gasteiger partial charge in [-0.3, -0.25) is 9.59 Å². The van der Waals surface area contributed by atoms with E-state index in [0.29, 0.717) is 21.5 Å². The van der Waals surface area contributed by atoms with Gasteiger partial charge in [0, 0.05) is 10.0 Å². The second-order valence-corrected chi connectivity index (χ2v) is 8.36. The number of hydrogen-bond acceptors (Lipinski definition) is 6. The molecule has 0 amide bonds. The van der Waals surface area contributed by atoms with E-state index >= 15 is 0 Å². The number of esters is 2. The number of carbonyl (C=O) groups excluding carboxylic acids is 2.